The fourth-order valence-electron chi connectivity index (χ4n) is 3.11. The molecule has 0 unspecified atom stereocenters. The molecule has 3 aromatic rings. The van der Waals surface area contributed by atoms with Crippen molar-refractivity contribution in [3.63, 3.8) is 0 Å². The minimum absolute atomic E-state index is 0.273. The third-order valence-corrected chi connectivity index (χ3v) is 4.60. The van der Waals surface area contributed by atoms with Crippen molar-refractivity contribution in [3.8, 4) is 5.75 Å². The van der Waals surface area contributed by atoms with Gasteiger partial charge in [-0.05, 0) is 41.5 Å². The van der Waals surface area contributed by atoms with E-state index in [4.69, 9.17) is 9.47 Å². The lowest BCUT2D eigenvalue weighted by Crippen LogP contribution is -2.37. The molecule has 0 bridgehead atoms. The van der Waals surface area contributed by atoms with Crippen LogP contribution in [0.25, 0.3) is 0 Å². The maximum Gasteiger partial charge on any atom is 0.339 e. The monoisotopic (exact) mass is 391 g/mol. The Bertz CT molecular complexity index is 1050. The fourth-order valence-corrected chi connectivity index (χ4v) is 3.11. The van der Waals surface area contributed by atoms with E-state index in [1.165, 1.54) is 12.1 Å². The van der Waals surface area contributed by atoms with Gasteiger partial charge in [-0.3, -0.25) is 4.79 Å². The van der Waals surface area contributed by atoms with E-state index in [-0.39, 0.29) is 12.4 Å². The van der Waals surface area contributed by atoms with Crippen LogP contribution in [0.3, 0.4) is 0 Å². The average molecular weight is 391 g/mol. The molecule has 1 amide bonds. The lowest BCUT2D eigenvalue weighted by atomic mass is 9.98. The molecule has 0 spiro atoms. The summed E-state index contributed by atoms with van der Waals surface area (Å²) in [5.41, 5.74) is 2.64. The number of amides is 1. The highest BCUT2D eigenvalue weighted by Crippen LogP contribution is 2.23. The average Bonchev–Trinajstić information content (AvgIpc) is 2.73. The normalized spacial score (nSPS) is 15.2. The number of carbonyl (C=O) groups is 2. The van der Waals surface area contributed by atoms with E-state index in [0.29, 0.717) is 23.4 Å². The Hall–Kier alpha value is -3.67. The van der Waals surface area contributed by atoms with Gasteiger partial charge in [0.05, 0.1) is 5.56 Å². The highest BCUT2D eigenvalue weighted by Gasteiger charge is 2.31. The number of anilines is 1. The van der Waals surface area contributed by atoms with Crippen LogP contribution in [-0.2, 0) is 22.6 Å². The highest BCUT2D eigenvalue weighted by atomic mass is 19.1. The van der Waals surface area contributed by atoms with Crippen LogP contribution in [0.5, 0.6) is 5.75 Å². The fraction of sp³-hybridized carbons (Fsp3) is 0.130. The second kappa shape index (κ2) is 8.14. The number of halogens is 1. The molecule has 1 heterocycles. The Labute approximate surface area is 167 Å². The van der Waals surface area contributed by atoms with Gasteiger partial charge in [-0.1, -0.05) is 36.4 Å². The number of ether oxygens (including phenoxy) is 2. The zero-order valence-electron chi connectivity index (χ0n) is 15.4. The predicted octanol–water partition coefficient (Wildman–Crippen LogP) is 4.12. The zero-order valence-corrected chi connectivity index (χ0v) is 15.4. The van der Waals surface area contributed by atoms with Crippen molar-refractivity contribution in [2.75, 3.05) is 5.32 Å². The molecular formula is C23H18FNO4. The van der Waals surface area contributed by atoms with Gasteiger partial charge in [0.2, 0.25) is 0 Å². The first-order valence-corrected chi connectivity index (χ1v) is 9.15. The lowest BCUT2D eigenvalue weighted by Gasteiger charge is -2.23. The maximum atomic E-state index is 13.0. The van der Waals surface area contributed by atoms with Crippen LogP contribution in [0.2, 0.25) is 0 Å². The Balaban J connectivity index is 1.39. The summed E-state index contributed by atoms with van der Waals surface area (Å²) in [7, 11) is 0. The van der Waals surface area contributed by atoms with E-state index in [9.17, 15) is 14.0 Å². The van der Waals surface area contributed by atoms with Gasteiger partial charge >= 0.3 is 5.97 Å². The molecule has 1 N–H and O–H groups in total. The van der Waals surface area contributed by atoms with Crippen molar-refractivity contribution in [3.05, 3.63) is 95.3 Å². The number of cyclic esters (lactones) is 1. The molecule has 1 aliphatic heterocycles. The van der Waals surface area contributed by atoms with E-state index >= 15 is 0 Å². The van der Waals surface area contributed by atoms with Gasteiger partial charge in [-0.15, -0.1) is 0 Å². The third kappa shape index (κ3) is 4.43. The molecule has 146 valence electrons. The lowest BCUT2D eigenvalue weighted by molar-refractivity contribution is -0.125. The quantitative estimate of drug-likeness (QED) is 0.665. The van der Waals surface area contributed by atoms with Crippen LogP contribution < -0.4 is 10.1 Å². The summed E-state index contributed by atoms with van der Waals surface area (Å²) < 4.78 is 24.0. The van der Waals surface area contributed by atoms with Gasteiger partial charge in [-0.25, -0.2) is 9.18 Å². The summed E-state index contributed by atoms with van der Waals surface area (Å²) in [5, 5.41) is 2.76. The van der Waals surface area contributed by atoms with Crippen molar-refractivity contribution < 1.29 is 23.5 Å². The molecule has 1 atom stereocenters. The molecule has 3 aromatic carbocycles. The van der Waals surface area contributed by atoms with Crippen molar-refractivity contribution in [1.82, 2.24) is 0 Å². The number of nitrogens with one attached hydrogen (secondary N) is 1. The number of hydrogen-bond donors (Lipinski definition) is 1. The first kappa shape index (κ1) is 18.7. The molecule has 0 aliphatic carbocycles. The number of hydrogen-bond acceptors (Lipinski definition) is 4. The van der Waals surface area contributed by atoms with Gasteiger partial charge < -0.3 is 14.8 Å². The molecule has 6 heteroatoms. The number of carbonyl (C=O) groups excluding carboxylic acids is 2. The molecule has 0 saturated heterocycles. The number of rotatable bonds is 5. The first-order valence-electron chi connectivity index (χ1n) is 9.15. The number of benzene rings is 3. The molecule has 0 radical (unpaired) electrons. The van der Waals surface area contributed by atoms with Gasteiger partial charge in [0, 0.05) is 18.2 Å². The van der Waals surface area contributed by atoms with Gasteiger partial charge in [0.15, 0.2) is 6.10 Å². The Kier molecular flexibility index (Phi) is 5.24. The molecule has 0 fully saturated rings. The predicted molar refractivity (Wildman–Crippen MR) is 105 cm³/mol. The molecular weight excluding hydrogens is 373 g/mol. The summed E-state index contributed by atoms with van der Waals surface area (Å²) >= 11 is 0. The molecule has 0 aromatic heterocycles. The van der Waals surface area contributed by atoms with Crippen molar-refractivity contribution >= 4 is 17.6 Å². The molecule has 0 saturated carbocycles. The van der Waals surface area contributed by atoms with Crippen LogP contribution in [0.1, 0.15) is 21.5 Å². The van der Waals surface area contributed by atoms with E-state index in [1.54, 1.807) is 48.5 Å². The second-order valence-corrected chi connectivity index (χ2v) is 6.69. The summed E-state index contributed by atoms with van der Waals surface area (Å²) in [6.45, 7) is 0.273. The molecule has 29 heavy (non-hydrogen) atoms. The first-order chi connectivity index (χ1) is 14.1. The molecule has 1 aliphatic rings. The maximum absolute atomic E-state index is 13.0. The standard InChI is InChI=1S/C23H18FNO4/c24-17-10-8-15(9-11-17)14-28-19-6-3-5-18(13-19)25-22(26)21-12-16-4-1-2-7-20(16)23(27)29-21/h1-11,13,21H,12,14H2,(H,25,26)/t21-/m1/s1. The van der Waals surface area contributed by atoms with Crippen LogP contribution in [0, 0.1) is 5.82 Å². The smallest absolute Gasteiger partial charge is 0.339 e. The SMILES string of the molecule is O=C1O[C@@H](C(=O)Nc2cccc(OCc3ccc(F)cc3)c2)Cc2ccccc21. The summed E-state index contributed by atoms with van der Waals surface area (Å²) in [5.74, 6) is -0.644. The topological polar surface area (TPSA) is 64.6 Å². The second-order valence-electron chi connectivity index (χ2n) is 6.69. The van der Waals surface area contributed by atoms with Gasteiger partial charge in [0.1, 0.15) is 18.2 Å². The van der Waals surface area contributed by atoms with E-state index in [0.717, 1.165) is 11.1 Å². The van der Waals surface area contributed by atoms with E-state index < -0.39 is 18.0 Å². The third-order valence-electron chi connectivity index (χ3n) is 4.60. The summed E-state index contributed by atoms with van der Waals surface area (Å²) in [6, 6.07) is 20.1. The minimum Gasteiger partial charge on any atom is -0.489 e. The molecule has 5 nitrogen and oxygen atoms in total. The Morgan fingerprint density at radius 2 is 1.86 bits per heavy atom. The van der Waals surface area contributed by atoms with E-state index in [1.807, 2.05) is 12.1 Å². The van der Waals surface area contributed by atoms with E-state index in [2.05, 4.69) is 5.32 Å². The van der Waals surface area contributed by atoms with Crippen molar-refractivity contribution in [1.29, 1.82) is 0 Å². The van der Waals surface area contributed by atoms with Crippen molar-refractivity contribution in [2.45, 2.75) is 19.1 Å². The highest BCUT2D eigenvalue weighted by molar-refractivity contribution is 6.00. The number of esters is 1. The Morgan fingerprint density at radius 1 is 1.07 bits per heavy atom. The van der Waals surface area contributed by atoms with Crippen LogP contribution in [0.4, 0.5) is 10.1 Å². The van der Waals surface area contributed by atoms with Gasteiger partial charge in [0.25, 0.3) is 5.91 Å². The summed E-state index contributed by atoms with van der Waals surface area (Å²) in [6.07, 6.45) is -0.560. The van der Waals surface area contributed by atoms with Gasteiger partial charge in [-0.2, -0.15) is 0 Å². The largest absolute Gasteiger partial charge is 0.489 e. The minimum atomic E-state index is -0.888. The van der Waals surface area contributed by atoms with Crippen molar-refractivity contribution in [2.24, 2.45) is 0 Å². The Morgan fingerprint density at radius 3 is 2.69 bits per heavy atom. The zero-order chi connectivity index (χ0) is 20.2. The molecule has 4 rings (SSSR count). The number of fused-ring (bicyclic) bond motifs is 1. The van der Waals surface area contributed by atoms with Crippen LogP contribution >= 0.6 is 0 Å². The van der Waals surface area contributed by atoms with Crippen LogP contribution in [0.15, 0.2) is 72.8 Å². The van der Waals surface area contributed by atoms with Crippen LogP contribution in [-0.4, -0.2) is 18.0 Å². The summed E-state index contributed by atoms with van der Waals surface area (Å²) in [4.78, 5) is 24.7.